The summed E-state index contributed by atoms with van der Waals surface area (Å²) in [5.74, 6) is -0.0190. The van der Waals surface area contributed by atoms with Crippen LogP contribution in [0.15, 0.2) is 12.3 Å². The first-order chi connectivity index (χ1) is 8.06. The monoisotopic (exact) mass is 238 g/mol. The van der Waals surface area contributed by atoms with E-state index in [1.165, 1.54) is 12.3 Å². The fraction of sp³-hybridized carbons (Fsp3) is 0.455. The number of hydrogen-bond acceptors (Lipinski definition) is 5. The van der Waals surface area contributed by atoms with Crippen LogP contribution in [0, 0.1) is 0 Å². The fourth-order valence-electron chi connectivity index (χ4n) is 1.41. The maximum atomic E-state index is 11.3. The first kappa shape index (κ1) is 13.2. The van der Waals surface area contributed by atoms with Crippen LogP contribution in [-0.2, 0) is 4.74 Å². The predicted octanol–water partition coefficient (Wildman–Crippen LogP) is 0.235. The number of hydrogen-bond donors (Lipinski definition) is 2. The first-order valence-corrected chi connectivity index (χ1v) is 5.40. The number of carbonyl (C=O) groups excluding carboxylic acids is 1. The van der Waals surface area contributed by atoms with Gasteiger partial charge in [-0.2, -0.15) is 0 Å². The zero-order valence-electron chi connectivity index (χ0n) is 10.1. The summed E-state index contributed by atoms with van der Waals surface area (Å²) in [4.78, 5) is 17.2. The zero-order chi connectivity index (χ0) is 12.8. The topological polar surface area (TPSA) is 94.5 Å². The molecule has 0 bridgehead atoms. The van der Waals surface area contributed by atoms with Gasteiger partial charge in [-0.15, -0.1) is 0 Å². The van der Waals surface area contributed by atoms with Crippen LogP contribution >= 0.6 is 0 Å². The molecule has 0 aromatic carbocycles. The van der Waals surface area contributed by atoms with Crippen LogP contribution in [-0.4, -0.2) is 37.7 Å². The van der Waals surface area contributed by atoms with Gasteiger partial charge in [0.1, 0.15) is 5.82 Å². The number of rotatable bonds is 6. The van der Waals surface area contributed by atoms with Crippen molar-refractivity contribution in [1.29, 1.82) is 0 Å². The molecule has 94 valence electrons. The Morgan fingerprint density at radius 2 is 2.29 bits per heavy atom. The van der Waals surface area contributed by atoms with Crippen LogP contribution in [0.5, 0.6) is 0 Å². The molecule has 0 fully saturated rings. The average molecular weight is 238 g/mol. The second-order valence-electron chi connectivity index (χ2n) is 3.62. The van der Waals surface area contributed by atoms with Crippen LogP contribution in [0.1, 0.15) is 17.3 Å². The van der Waals surface area contributed by atoms with Crippen molar-refractivity contribution >= 4 is 17.4 Å². The van der Waals surface area contributed by atoms with Gasteiger partial charge >= 0.3 is 0 Å². The second-order valence-corrected chi connectivity index (χ2v) is 3.62. The Hall–Kier alpha value is -1.82. The van der Waals surface area contributed by atoms with Crippen molar-refractivity contribution in [2.24, 2.45) is 5.73 Å². The molecule has 1 rings (SSSR count). The van der Waals surface area contributed by atoms with Crippen LogP contribution in [0.25, 0.3) is 0 Å². The summed E-state index contributed by atoms with van der Waals surface area (Å²) in [5, 5.41) is 0. The molecule has 0 spiro atoms. The minimum absolute atomic E-state index is 0.323. The zero-order valence-corrected chi connectivity index (χ0v) is 10.1. The molecule has 0 radical (unpaired) electrons. The summed E-state index contributed by atoms with van der Waals surface area (Å²) in [6.45, 7) is 3.78. The summed E-state index contributed by atoms with van der Waals surface area (Å²) < 4.78 is 5.24. The van der Waals surface area contributed by atoms with E-state index >= 15 is 0 Å². The van der Waals surface area contributed by atoms with E-state index < -0.39 is 5.91 Å². The van der Waals surface area contributed by atoms with Gasteiger partial charge in [-0.25, -0.2) is 4.98 Å². The number of primary amides is 1. The lowest BCUT2D eigenvalue weighted by atomic mass is 10.2. The molecular formula is C11H18N4O2. The minimum atomic E-state index is -0.539. The van der Waals surface area contributed by atoms with Gasteiger partial charge in [-0.1, -0.05) is 0 Å². The van der Waals surface area contributed by atoms with Crippen molar-refractivity contribution in [3.8, 4) is 0 Å². The molecule has 0 aliphatic heterocycles. The molecule has 6 heteroatoms. The third-order valence-corrected chi connectivity index (χ3v) is 2.29. The summed E-state index contributed by atoms with van der Waals surface area (Å²) in [6.07, 6.45) is 1.50. The molecule has 0 saturated carbocycles. The number of aromatic nitrogens is 1. The van der Waals surface area contributed by atoms with Crippen molar-refractivity contribution in [2.75, 3.05) is 37.4 Å². The van der Waals surface area contributed by atoms with Crippen molar-refractivity contribution in [2.45, 2.75) is 6.92 Å². The number of amides is 1. The molecule has 4 N–H and O–H groups in total. The van der Waals surface area contributed by atoms with E-state index in [1.807, 2.05) is 18.9 Å². The molecule has 1 amide bonds. The molecule has 1 aromatic rings. The summed E-state index contributed by atoms with van der Waals surface area (Å²) >= 11 is 0. The fourth-order valence-corrected chi connectivity index (χ4v) is 1.41. The van der Waals surface area contributed by atoms with E-state index in [9.17, 15) is 4.79 Å². The molecule has 17 heavy (non-hydrogen) atoms. The van der Waals surface area contributed by atoms with Crippen LogP contribution in [0.3, 0.4) is 0 Å². The number of carbonyl (C=O) groups is 1. The summed E-state index contributed by atoms with van der Waals surface area (Å²) in [7, 11) is 1.82. The van der Waals surface area contributed by atoms with Gasteiger partial charge < -0.3 is 21.1 Å². The highest BCUT2D eigenvalue weighted by Gasteiger charge is 2.13. The lowest BCUT2D eigenvalue weighted by Gasteiger charge is -2.20. The van der Waals surface area contributed by atoms with Crippen molar-refractivity contribution in [3.05, 3.63) is 17.8 Å². The Morgan fingerprint density at radius 1 is 1.59 bits per heavy atom. The van der Waals surface area contributed by atoms with E-state index in [1.54, 1.807) is 0 Å². The highest BCUT2D eigenvalue weighted by atomic mass is 16.5. The molecule has 1 aromatic heterocycles. The highest BCUT2D eigenvalue weighted by Crippen LogP contribution is 2.18. The number of anilines is 2. The third kappa shape index (κ3) is 3.60. The second kappa shape index (κ2) is 6.05. The Morgan fingerprint density at radius 3 is 2.88 bits per heavy atom. The van der Waals surface area contributed by atoms with Gasteiger partial charge in [0.25, 0.3) is 5.91 Å². The maximum absolute atomic E-state index is 11.3. The molecule has 0 atom stereocenters. The highest BCUT2D eigenvalue weighted by molar-refractivity contribution is 5.98. The van der Waals surface area contributed by atoms with E-state index in [0.717, 1.165) is 0 Å². The molecule has 6 nitrogen and oxygen atoms in total. The van der Waals surface area contributed by atoms with Gasteiger partial charge in [0.05, 0.1) is 24.1 Å². The van der Waals surface area contributed by atoms with Crippen LogP contribution in [0.4, 0.5) is 11.5 Å². The average Bonchev–Trinajstić information content (AvgIpc) is 2.29. The molecule has 0 saturated heterocycles. The number of likely N-dealkylation sites (N-methyl/N-ethyl adjacent to an activating group) is 1. The predicted molar refractivity (Wildman–Crippen MR) is 66.9 cm³/mol. The normalized spacial score (nSPS) is 10.2. The summed E-state index contributed by atoms with van der Waals surface area (Å²) in [6, 6.07) is 1.53. The molecule has 1 heterocycles. The lowest BCUT2D eigenvalue weighted by molar-refractivity contribution is 0.1000. The number of ether oxygens (including phenoxy) is 1. The van der Waals surface area contributed by atoms with Gasteiger partial charge in [0.2, 0.25) is 0 Å². The standard InChI is InChI=1S/C11H18N4O2/c1-3-17-5-4-15(2)11-9(10(13)16)6-8(12)7-14-11/h6-7H,3-5,12H2,1-2H3,(H2,13,16). The number of nitrogen functional groups attached to an aromatic ring is 1. The third-order valence-electron chi connectivity index (χ3n) is 2.29. The van der Waals surface area contributed by atoms with Gasteiger partial charge in [-0.3, -0.25) is 4.79 Å². The van der Waals surface area contributed by atoms with Crippen LogP contribution in [0.2, 0.25) is 0 Å². The Labute approximate surface area is 101 Å². The molecule has 0 unspecified atom stereocenters. The van der Waals surface area contributed by atoms with E-state index in [0.29, 0.717) is 36.8 Å². The number of pyridine rings is 1. The van der Waals surface area contributed by atoms with E-state index in [4.69, 9.17) is 16.2 Å². The molecular weight excluding hydrogens is 220 g/mol. The molecule has 0 aliphatic rings. The van der Waals surface area contributed by atoms with E-state index in [-0.39, 0.29) is 0 Å². The largest absolute Gasteiger partial charge is 0.397 e. The quantitative estimate of drug-likeness (QED) is 0.692. The minimum Gasteiger partial charge on any atom is -0.397 e. The smallest absolute Gasteiger partial charge is 0.252 e. The van der Waals surface area contributed by atoms with Crippen molar-refractivity contribution < 1.29 is 9.53 Å². The first-order valence-electron chi connectivity index (χ1n) is 5.40. The van der Waals surface area contributed by atoms with Gasteiger partial charge in [0, 0.05) is 20.2 Å². The Bertz CT molecular complexity index is 395. The SMILES string of the molecule is CCOCCN(C)c1ncc(N)cc1C(N)=O. The van der Waals surface area contributed by atoms with E-state index in [2.05, 4.69) is 4.98 Å². The van der Waals surface area contributed by atoms with Gasteiger partial charge in [-0.05, 0) is 13.0 Å². The number of nitrogens with two attached hydrogens (primary N) is 2. The van der Waals surface area contributed by atoms with Crippen LogP contribution < -0.4 is 16.4 Å². The number of nitrogens with zero attached hydrogens (tertiary/aromatic N) is 2. The lowest BCUT2D eigenvalue weighted by Crippen LogP contribution is -2.27. The van der Waals surface area contributed by atoms with Crippen molar-refractivity contribution in [3.63, 3.8) is 0 Å². The van der Waals surface area contributed by atoms with Crippen molar-refractivity contribution in [1.82, 2.24) is 4.98 Å². The molecule has 0 aliphatic carbocycles. The summed E-state index contributed by atoms with van der Waals surface area (Å²) in [5.41, 5.74) is 11.6. The Balaban J connectivity index is 2.84. The maximum Gasteiger partial charge on any atom is 0.252 e. The van der Waals surface area contributed by atoms with Gasteiger partial charge in [0.15, 0.2) is 0 Å². The Kier molecular flexibility index (Phi) is 4.71.